The fourth-order valence-electron chi connectivity index (χ4n) is 3.80. The van der Waals surface area contributed by atoms with Crippen molar-refractivity contribution in [1.82, 2.24) is 20.5 Å². The lowest BCUT2D eigenvalue weighted by Gasteiger charge is -2.22. The second-order valence-electron chi connectivity index (χ2n) is 7.35. The molecule has 3 N–H and O–H groups in total. The molecule has 0 spiro atoms. The minimum absolute atomic E-state index is 0.0463. The van der Waals surface area contributed by atoms with Crippen molar-refractivity contribution >= 4 is 5.91 Å². The molecular weight excluding hydrogens is 397 g/mol. The van der Waals surface area contributed by atoms with Crippen LogP contribution < -0.4 is 10.9 Å². The molecule has 2 aromatic heterocycles. The Hall–Kier alpha value is -3.36. The van der Waals surface area contributed by atoms with E-state index in [1.165, 1.54) is 18.3 Å². The molecule has 1 aliphatic heterocycles. The third-order valence-electron chi connectivity index (χ3n) is 5.36. The fourth-order valence-corrected chi connectivity index (χ4v) is 3.80. The Bertz CT molecular complexity index is 1090. The smallest absolute Gasteiger partial charge is 0.353 e. The number of amides is 1. The standard InChI is InChI=1S/C21H19F3N4O2/c22-21(23,24)14-3-1-12(2-4-14)17(9-15-5-8-19(29)27-15)18-7-6-16(20(30)28-18)13-10-25-26-11-13/h1-4,6-7,10-11,15,17H,5,8-9H2,(H,25,26)(H,27,29)(H,28,30)/t15-,17?/m1/s1. The quantitative estimate of drug-likeness (QED) is 0.594. The summed E-state index contributed by atoms with van der Waals surface area (Å²) < 4.78 is 38.8. The van der Waals surface area contributed by atoms with Gasteiger partial charge in [-0.3, -0.25) is 14.7 Å². The number of nitrogens with zero attached hydrogens (tertiary/aromatic N) is 1. The van der Waals surface area contributed by atoms with Crippen molar-refractivity contribution in [2.45, 2.75) is 37.4 Å². The molecule has 0 radical (unpaired) electrons. The van der Waals surface area contributed by atoms with Gasteiger partial charge in [-0.25, -0.2) is 0 Å². The summed E-state index contributed by atoms with van der Waals surface area (Å²) in [6, 6.07) is 8.23. The molecule has 156 valence electrons. The van der Waals surface area contributed by atoms with Crippen LogP contribution in [-0.2, 0) is 11.0 Å². The minimum atomic E-state index is -4.42. The van der Waals surface area contributed by atoms with E-state index in [4.69, 9.17) is 0 Å². The van der Waals surface area contributed by atoms with E-state index in [0.717, 1.165) is 12.1 Å². The number of hydrogen-bond donors (Lipinski definition) is 3. The van der Waals surface area contributed by atoms with Gasteiger partial charge >= 0.3 is 6.18 Å². The fraction of sp³-hybridized carbons (Fsp3) is 0.286. The molecule has 6 nitrogen and oxygen atoms in total. The second-order valence-corrected chi connectivity index (χ2v) is 7.35. The first-order valence-electron chi connectivity index (χ1n) is 9.50. The van der Waals surface area contributed by atoms with E-state index >= 15 is 0 Å². The Balaban J connectivity index is 1.69. The predicted molar refractivity (Wildman–Crippen MR) is 104 cm³/mol. The van der Waals surface area contributed by atoms with Gasteiger partial charge in [-0.2, -0.15) is 18.3 Å². The molecule has 0 saturated carbocycles. The third kappa shape index (κ3) is 4.14. The number of alkyl halides is 3. The molecule has 30 heavy (non-hydrogen) atoms. The SMILES string of the molecule is O=C1CC[C@H](CC(c2ccc(C(F)(F)F)cc2)c2ccc(-c3cn[nH]c3)c(=O)[nH]2)N1. The normalized spacial score (nSPS) is 17.7. The largest absolute Gasteiger partial charge is 0.416 e. The van der Waals surface area contributed by atoms with Crippen LogP contribution >= 0.6 is 0 Å². The molecule has 2 atom stereocenters. The van der Waals surface area contributed by atoms with Crippen LogP contribution in [-0.4, -0.2) is 27.1 Å². The Morgan fingerprint density at radius 3 is 2.43 bits per heavy atom. The maximum atomic E-state index is 12.9. The average molecular weight is 416 g/mol. The molecule has 1 amide bonds. The van der Waals surface area contributed by atoms with Crippen molar-refractivity contribution in [2.24, 2.45) is 0 Å². The molecular formula is C21H19F3N4O2. The van der Waals surface area contributed by atoms with Gasteiger partial charge in [-0.15, -0.1) is 0 Å². The van der Waals surface area contributed by atoms with Gasteiger partial charge in [0.2, 0.25) is 5.91 Å². The highest BCUT2D eigenvalue weighted by atomic mass is 19.4. The zero-order chi connectivity index (χ0) is 21.3. The summed E-state index contributed by atoms with van der Waals surface area (Å²) in [7, 11) is 0. The van der Waals surface area contributed by atoms with Crippen LogP contribution in [0.25, 0.3) is 11.1 Å². The Morgan fingerprint density at radius 1 is 1.10 bits per heavy atom. The van der Waals surface area contributed by atoms with Crippen molar-refractivity contribution in [3.8, 4) is 11.1 Å². The molecule has 0 bridgehead atoms. The molecule has 4 rings (SSSR count). The van der Waals surface area contributed by atoms with E-state index < -0.39 is 11.7 Å². The summed E-state index contributed by atoms with van der Waals surface area (Å²) in [4.78, 5) is 27.1. The van der Waals surface area contributed by atoms with Crippen molar-refractivity contribution in [1.29, 1.82) is 0 Å². The van der Waals surface area contributed by atoms with Crippen LogP contribution in [0.4, 0.5) is 13.2 Å². The van der Waals surface area contributed by atoms with Crippen LogP contribution in [0.2, 0.25) is 0 Å². The van der Waals surface area contributed by atoms with E-state index in [2.05, 4.69) is 20.5 Å². The van der Waals surface area contributed by atoms with E-state index in [1.807, 2.05) is 0 Å². The summed E-state index contributed by atoms with van der Waals surface area (Å²) in [6.07, 6.45) is 0.247. The van der Waals surface area contributed by atoms with Gasteiger partial charge < -0.3 is 10.3 Å². The number of aromatic amines is 2. The van der Waals surface area contributed by atoms with Crippen molar-refractivity contribution < 1.29 is 18.0 Å². The van der Waals surface area contributed by atoms with Crippen molar-refractivity contribution in [3.63, 3.8) is 0 Å². The second kappa shape index (κ2) is 7.81. The van der Waals surface area contributed by atoms with Crippen LogP contribution in [0.15, 0.2) is 53.6 Å². The summed E-state index contributed by atoms with van der Waals surface area (Å²) >= 11 is 0. The number of carbonyl (C=O) groups excluding carboxylic acids is 1. The number of H-pyrrole nitrogens is 2. The zero-order valence-corrected chi connectivity index (χ0v) is 15.8. The average Bonchev–Trinajstić information content (AvgIpc) is 3.37. The van der Waals surface area contributed by atoms with Gasteiger partial charge in [0.1, 0.15) is 0 Å². The summed E-state index contributed by atoms with van der Waals surface area (Å²) in [5.74, 6) is -0.420. The molecule has 0 aliphatic carbocycles. The zero-order valence-electron chi connectivity index (χ0n) is 15.8. The number of rotatable bonds is 5. The Labute approximate surface area is 169 Å². The highest BCUT2D eigenvalue weighted by Gasteiger charge is 2.31. The lowest BCUT2D eigenvalue weighted by Crippen LogP contribution is -2.28. The van der Waals surface area contributed by atoms with E-state index in [9.17, 15) is 22.8 Å². The summed E-state index contributed by atoms with van der Waals surface area (Å²) in [6.45, 7) is 0. The van der Waals surface area contributed by atoms with Crippen molar-refractivity contribution in [3.05, 3.63) is 76.0 Å². The molecule has 1 aromatic carbocycles. The number of hydrogen-bond acceptors (Lipinski definition) is 3. The molecule has 3 aromatic rings. The third-order valence-corrected chi connectivity index (χ3v) is 5.36. The number of carbonyl (C=O) groups is 1. The number of aromatic nitrogens is 3. The number of halogens is 3. The highest BCUT2D eigenvalue weighted by Crippen LogP contribution is 2.34. The molecule has 1 unspecified atom stereocenters. The first-order chi connectivity index (χ1) is 14.3. The summed E-state index contributed by atoms with van der Waals surface area (Å²) in [5, 5.41) is 9.38. The van der Waals surface area contributed by atoms with Gasteiger partial charge in [0, 0.05) is 35.8 Å². The van der Waals surface area contributed by atoms with Crippen LogP contribution in [0, 0.1) is 0 Å². The van der Waals surface area contributed by atoms with Gasteiger partial charge in [0.05, 0.1) is 17.3 Å². The number of nitrogens with one attached hydrogen (secondary N) is 3. The van der Waals surface area contributed by atoms with Crippen LogP contribution in [0.3, 0.4) is 0 Å². The minimum Gasteiger partial charge on any atom is -0.353 e. The number of pyridine rings is 1. The van der Waals surface area contributed by atoms with Gasteiger partial charge in [0.15, 0.2) is 0 Å². The molecule has 1 saturated heterocycles. The van der Waals surface area contributed by atoms with Gasteiger partial charge in [-0.1, -0.05) is 12.1 Å². The maximum Gasteiger partial charge on any atom is 0.416 e. The van der Waals surface area contributed by atoms with Crippen LogP contribution in [0.1, 0.15) is 42.0 Å². The van der Waals surface area contributed by atoms with E-state index in [1.54, 1.807) is 18.3 Å². The Morgan fingerprint density at radius 2 is 1.87 bits per heavy atom. The first-order valence-corrected chi connectivity index (χ1v) is 9.50. The molecule has 9 heteroatoms. The lowest BCUT2D eigenvalue weighted by molar-refractivity contribution is -0.137. The van der Waals surface area contributed by atoms with E-state index in [0.29, 0.717) is 41.6 Å². The predicted octanol–water partition coefficient (Wildman–Crippen LogP) is 3.58. The highest BCUT2D eigenvalue weighted by molar-refractivity contribution is 5.78. The lowest BCUT2D eigenvalue weighted by atomic mass is 9.87. The van der Waals surface area contributed by atoms with Crippen molar-refractivity contribution in [2.75, 3.05) is 0 Å². The topological polar surface area (TPSA) is 90.6 Å². The molecule has 1 fully saturated rings. The molecule has 1 aliphatic rings. The number of benzene rings is 1. The van der Waals surface area contributed by atoms with Gasteiger partial charge in [0.25, 0.3) is 5.56 Å². The van der Waals surface area contributed by atoms with Crippen LogP contribution in [0.5, 0.6) is 0 Å². The maximum absolute atomic E-state index is 12.9. The first kappa shape index (κ1) is 19.9. The monoisotopic (exact) mass is 416 g/mol. The van der Waals surface area contributed by atoms with Gasteiger partial charge in [-0.05, 0) is 42.7 Å². The van der Waals surface area contributed by atoms with E-state index in [-0.39, 0.29) is 23.4 Å². The summed E-state index contributed by atoms with van der Waals surface area (Å²) in [5.41, 5.74) is 1.23. The Kier molecular flexibility index (Phi) is 5.19. The molecule has 3 heterocycles.